The third-order valence-corrected chi connectivity index (χ3v) is 4.05. The van der Waals surface area contributed by atoms with Gasteiger partial charge in [-0.05, 0) is 24.6 Å². The fraction of sp³-hybridized carbons (Fsp3) is 0.231. The molecular weight excluding hydrogens is 280 g/mol. The minimum Gasteiger partial charge on any atom is -0.476 e. The first-order valence-electron chi connectivity index (χ1n) is 5.78. The molecule has 106 valence electrons. The zero-order valence-electron chi connectivity index (χ0n) is 11.3. The van der Waals surface area contributed by atoms with Crippen molar-refractivity contribution in [2.75, 3.05) is 6.26 Å². The van der Waals surface area contributed by atoms with Crippen LogP contribution in [-0.4, -0.2) is 35.5 Å². The number of sulfone groups is 1. The maximum atomic E-state index is 11.9. The minimum atomic E-state index is -3.42. The van der Waals surface area contributed by atoms with Crippen molar-refractivity contribution in [2.24, 2.45) is 7.05 Å². The molecule has 6 nitrogen and oxygen atoms in total. The van der Waals surface area contributed by atoms with Gasteiger partial charge in [0.2, 0.25) is 0 Å². The van der Waals surface area contributed by atoms with Crippen molar-refractivity contribution in [3.63, 3.8) is 0 Å². The molecule has 0 amide bonds. The van der Waals surface area contributed by atoms with Crippen LogP contribution in [0.2, 0.25) is 0 Å². The molecule has 0 bridgehead atoms. The predicted octanol–water partition coefficient (Wildman–Crippen LogP) is 1.50. The van der Waals surface area contributed by atoms with Crippen LogP contribution in [0.4, 0.5) is 0 Å². The van der Waals surface area contributed by atoms with E-state index >= 15 is 0 Å². The van der Waals surface area contributed by atoms with Gasteiger partial charge in [-0.2, -0.15) is 5.10 Å². The van der Waals surface area contributed by atoms with Crippen molar-refractivity contribution in [1.29, 1.82) is 0 Å². The standard InChI is InChI=1S/C13H14N2O4S/c1-8-4-5-9(12(6-8)20(3,18)19)11-7-10(13(16)17)14-15(11)2/h4-7H,1-3H3,(H,16,17). The summed E-state index contributed by atoms with van der Waals surface area (Å²) in [6, 6.07) is 6.37. The molecule has 1 heterocycles. The van der Waals surface area contributed by atoms with E-state index in [0.29, 0.717) is 11.3 Å². The summed E-state index contributed by atoms with van der Waals surface area (Å²) in [6.07, 6.45) is 1.12. The molecule has 2 rings (SSSR count). The van der Waals surface area contributed by atoms with Crippen molar-refractivity contribution in [3.05, 3.63) is 35.5 Å². The Bertz CT molecular complexity index is 791. The third-order valence-electron chi connectivity index (χ3n) is 2.91. The highest BCUT2D eigenvalue weighted by atomic mass is 32.2. The Morgan fingerprint density at radius 3 is 2.45 bits per heavy atom. The van der Waals surface area contributed by atoms with Crippen molar-refractivity contribution in [1.82, 2.24) is 9.78 Å². The van der Waals surface area contributed by atoms with Gasteiger partial charge < -0.3 is 5.11 Å². The van der Waals surface area contributed by atoms with Gasteiger partial charge in [-0.3, -0.25) is 4.68 Å². The number of aryl methyl sites for hydroxylation is 2. The van der Waals surface area contributed by atoms with E-state index < -0.39 is 15.8 Å². The summed E-state index contributed by atoms with van der Waals surface area (Å²) in [7, 11) is -1.84. The van der Waals surface area contributed by atoms with Gasteiger partial charge in [-0.1, -0.05) is 12.1 Å². The number of aromatic carboxylic acids is 1. The molecule has 0 saturated heterocycles. The Hall–Kier alpha value is -2.15. The van der Waals surface area contributed by atoms with E-state index in [-0.39, 0.29) is 10.6 Å². The Morgan fingerprint density at radius 2 is 1.95 bits per heavy atom. The summed E-state index contributed by atoms with van der Waals surface area (Å²) in [5.74, 6) is -1.15. The maximum absolute atomic E-state index is 11.9. The van der Waals surface area contributed by atoms with E-state index in [4.69, 9.17) is 5.11 Å². The van der Waals surface area contributed by atoms with E-state index in [9.17, 15) is 13.2 Å². The molecule has 0 aliphatic carbocycles. The van der Waals surface area contributed by atoms with Crippen LogP contribution in [0.1, 0.15) is 16.1 Å². The Labute approximate surface area is 116 Å². The zero-order chi connectivity index (χ0) is 15.1. The number of rotatable bonds is 3. The van der Waals surface area contributed by atoms with Crippen molar-refractivity contribution in [2.45, 2.75) is 11.8 Å². The highest BCUT2D eigenvalue weighted by Crippen LogP contribution is 2.28. The molecule has 2 aromatic rings. The van der Waals surface area contributed by atoms with E-state index in [0.717, 1.165) is 11.8 Å². The lowest BCUT2D eigenvalue weighted by molar-refractivity contribution is 0.0689. The monoisotopic (exact) mass is 294 g/mol. The molecule has 1 N–H and O–H groups in total. The number of hydrogen-bond donors (Lipinski definition) is 1. The molecule has 1 aromatic heterocycles. The number of carboxylic acids is 1. The fourth-order valence-corrected chi connectivity index (χ4v) is 2.94. The largest absolute Gasteiger partial charge is 0.476 e. The minimum absolute atomic E-state index is 0.123. The number of carboxylic acid groups (broad SMARTS) is 1. The summed E-state index contributed by atoms with van der Waals surface area (Å²) >= 11 is 0. The van der Waals surface area contributed by atoms with Gasteiger partial charge in [-0.15, -0.1) is 0 Å². The van der Waals surface area contributed by atoms with Gasteiger partial charge in [0.15, 0.2) is 15.5 Å². The lowest BCUT2D eigenvalue weighted by Gasteiger charge is -2.09. The smallest absolute Gasteiger partial charge is 0.356 e. The van der Waals surface area contributed by atoms with Gasteiger partial charge in [0.1, 0.15) is 0 Å². The molecule has 0 atom stereocenters. The SMILES string of the molecule is Cc1ccc(-c2cc(C(=O)O)nn2C)c(S(C)(=O)=O)c1. The molecule has 0 spiro atoms. The second kappa shape index (κ2) is 4.75. The highest BCUT2D eigenvalue weighted by molar-refractivity contribution is 7.90. The lowest BCUT2D eigenvalue weighted by atomic mass is 10.1. The number of aromatic nitrogens is 2. The van der Waals surface area contributed by atoms with Crippen LogP contribution in [0.5, 0.6) is 0 Å². The van der Waals surface area contributed by atoms with Gasteiger partial charge >= 0.3 is 5.97 Å². The summed E-state index contributed by atoms with van der Waals surface area (Å²) in [6.45, 7) is 1.80. The normalized spacial score (nSPS) is 11.6. The van der Waals surface area contributed by atoms with Crippen LogP contribution in [-0.2, 0) is 16.9 Å². The molecule has 7 heteroatoms. The topological polar surface area (TPSA) is 89.3 Å². The first kappa shape index (κ1) is 14.3. The Morgan fingerprint density at radius 1 is 1.30 bits per heavy atom. The molecule has 0 unspecified atom stereocenters. The number of nitrogens with zero attached hydrogens (tertiary/aromatic N) is 2. The number of hydrogen-bond acceptors (Lipinski definition) is 4. The molecule has 0 saturated carbocycles. The first-order valence-corrected chi connectivity index (χ1v) is 7.67. The van der Waals surface area contributed by atoms with Gasteiger partial charge in [0.05, 0.1) is 10.6 Å². The molecule has 0 aliphatic rings. The molecule has 20 heavy (non-hydrogen) atoms. The van der Waals surface area contributed by atoms with Crippen LogP contribution >= 0.6 is 0 Å². The average Bonchev–Trinajstić information content (AvgIpc) is 2.70. The van der Waals surface area contributed by atoms with Gasteiger partial charge in [-0.25, -0.2) is 13.2 Å². The van der Waals surface area contributed by atoms with Crippen LogP contribution in [0, 0.1) is 6.92 Å². The summed E-state index contributed by atoms with van der Waals surface area (Å²) < 4.78 is 25.1. The summed E-state index contributed by atoms with van der Waals surface area (Å²) in [5, 5.41) is 12.8. The molecule has 0 radical (unpaired) electrons. The molecule has 0 fully saturated rings. The fourth-order valence-electron chi connectivity index (χ4n) is 1.97. The van der Waals surface area contributed by atoms with Crippen LogP contribution in [0.25, 0.3) is 11.3 Å². The summed E-state index contributed by atoms with van der Waals surface area (Å²) in [4.78, 5) is 11.1. The van der Waals surface area contributed by atoms with E-state index in [1.165, 1.54) is 10.7 Å². The second-order valence-corrected chi connectivity index (χ2v) is 6.60. The Kier molecular flexibility index (Phi) is 3.39. The van der Waals surface area contributed by atoms with Crippen molar-refractivity contribution in [3.8, 4) is 11.3 Å². The van der Waals surface area contributed by atoms with E-state index in [1.54, 1.807) is 32.2 Å². The molecule has 1 aromatic carbocycles. The van der Waals surface area contributed by atoms with Crippen molar-refractivity contribution >= 4 is 15.8 Å². The van der Waals surface area contributed by atoms with E-state index in [1.807, 2.05) is 0 Å². The highest BCUT2D eigenvalue weighted by Gasteiger charge is 2.19. The van der Waals surface area contributed by atoms with Gasteiger partial charge in [0.25, 0.3) is 0 Å². The van der Waals surface area contributed by atoms with Crippen LogP contribution < -0.4 is 0 Å². The quantitative estimate of drug-likeness (QED) is 0.926. The van der Waals surface area contributed by atoms with Gasteiger partial charge in [0, 0.05) is 18.9 Å². The number of benzene rings is 1. The predicted molar refractivity (Wildman–Crippen MR) is 73.5 cm³/mol. The Balaban J connectivity index is 2.73. The van der Waals surface area contributed by atoms with Crippen LogP contribution in [0.3, 0.4) is 0 Å². The molecular formula is C13H14N2O4S. The first-order chi connectivity index (χ1) is 9.20. The van der Waals surface area contributed by atoms with Crippen LogP contribution in [0.15, 0.2) is 29.2 Å². The number of carbonyl (C=O) groups is 1. The van der Waals surface area contributed by atoms with E-state index in [2.05, 4.69) is 5.10 Å². The second-order valence-electron chi connectivity index (χ2n) is 4.62. The average molecular weight is 294 g/mol. The van der Waals surface area contributed by atoms with Crippen molar-refractivity contribution < 1.29 is 18.3 Å². The summed E-state index contributed by atoms with van der Waals surface area (Å²) in [5.41, 5.74) is 1.58. The molecule has 0 aliphatic heterocycles. The third kappa shape index (κ3) is 2.57. The zero-order valence-corrected chi connectivity index (χ0v) is 12.1. The maximum Gasteiger partial charge on any atom is 0.356 e. The lowest BCUT2D eigenvalue weighted by Crippen LogP contribution is -2.03.